The zero-order valence-corrected chi connectivity index (χ0v) is 31.6. The van der Waals surface area contributed by atoms with Gasteiger partial charge in [-0.1, -0.05) is 18.2 Å². The number of nitriles is 1. The van der Waals surface area contributed by atoms with Crippen LogP contribution in [0, 0.1) is 11.3 Å². The summed E-state index contributed by atoms with van der Waals surface area (Å²) in [6.07, 6.45) is 3.56. The number of carbonyl (C=O) groups is 2. The molecule has 4 aromatic rings. The lowest BCUT2D eigenvalue weighted by Crippen LogP contribution is -2.49. The number of benzene rings is 2. The summed E-state index contributed by atoms with van der Waals surface area (Å²) in [4.78, 5) is 35.6. The highest BCUT2D eigenvalue weighted by molar-refractivity contribution is 7.89. The molecule has 0 aliphatic carbocycles. The van der Waals surface area contributed by atoms with Gasteiger partial charge in [0.15, 0.2) is 5.82 Å². The first-order valence-electron chi connectivity index (χ1n) is 18.4. The molecular formula is C38H41F3N10O4S. The molecule has 3 aliphatic rings. The van der Waals surface area contributed by atoms with Gasteiger partial charge in [0, 0.05) is 63.0 Å². The molecule has 2 N–H and O–H groups in total. The van der Waals surface area contributed by atoms with Crippen LogP contribution in [-0.2, 0) is 28.0 Å². The summed E-state index contributed by atoms with van der Waals surface area (Å²) in [6.45, 7) is 4.41. The Labute approximate surface area is 322 Å². The summed E-state index contributed by atoms with van der Waals surface area (Å²) >= 11 is 0. The topological polar surface area (TPSA) is 169 Å². The van der Waals surface area contributed by atoms with Crippen LogP contribution in [0.2, 0.25) is 0 Å². The van der Waals surface area contributed by atoms with Gasteiger partial charge in [-0.25, -0.2) is 23.2 Å². The SMILES string of the molecule is CC(/C=C/c1cc(S(=O)(=O)N2CCC(Nc3ncc(C(F)(F)F)cn3)CC2)ccc1C#N)N1CCC(c2ccc3c(N4CCC(=O)NC4=O)nn(C)c3c2)CC1. The van der Waals surface area contributed by atoms with Crippen LogP contribution in [0.4, 0.5) is 29.7 Å². The second kappa shape index (κ2) is 15.6. The van der Waals surface area contributed by atoms with Crippen molar-refractivity contribution in [2.45, 2.75) is 68.1 Å². The summed E-state index contributed by atoms with van der Waals surface area (Å²) in [6, 6.07) is 12.2. The Hall–Kier alpha value is -5.38. The van der Waals surface area contributed by atoms with Crippen LogP contribution in [0.3, 0.4) is 0 Å². The maximum Gasteiger partial charge on any atom is 0.419 e. The number of fused-ring (bicyclic) bond motifs is 1. The van der Waals surface area contributed by atoms with Crippen molar-refractivity contribution in [1.29, 1.82) is 5.26 Å². The van der Waals surface area contributed by atoms with Crippen molar-refractivity contribution in [3.05, 3.63) is 77.1 Å². The molecule has 5 heterocycles. The first-order valence-corrected chi connectivity index (χ1v) is 19.9. The Morgan fingerprint density at radius 3 is 2.38 bits per heavy atom. The lowest BCUT2D eigenvalue weighted by atomic mass is 9.88. The van der Waals surface area contributed by atoms with Crippen LogP contribution in [0.25, 0.3) is 17.0 Å². The highest BCUT2D eigenvalue weighted by Gasteiger charge is 2.33. The summed E-state index contributed by atoms with van der Waals surface area (Å²) in [7, 11) is -2.04. The minimum absolute atomic E-state index is 0.0209. The predicted octanol–water partition coefficient (Wildman–Crippen LogP) is 5.25. The zero-order chi connectivity index (χ0) is 39.8. The number of amides is 3. The Kier molecular flexibility index (Phi) is 10.9. The fourth-order valence-electron chi connectivity index (χ4n) is 7.54. The Morgan fingerprint density at radius 1 is 1.00 bits per heavy atom. The third kappa shape index (κ3) is 8.11. The second-order valence-corrected chi connectivity index (χ2v) is 16.3. The number of alkyl halides is 3. The van der Waals surface area contributed by atoms with Gasteiger partial charge in [0.05, 0.1) is 27.6 Å². The van der Waals surface area contributed by atoms with Gasteiger partial charge in [-0.15, -0.1) is 0 Å². The number of urea groups is 1. The number of nitrogens with zero attached hydrogens (tertiary/aromatic N) is 8. The Bertz CT molecular complexity index is 2310. The molecule has 1 unspecified atom stereocenters. The maximum absolute atomic E-state index is 13.7. The van der Waals surface area contributed by atoms with Crippen molar-refractivity contribution < 1.29 is 31.2 Å². The smallest absolute Gasteiger partial charge is 0.351 e. The molecule has 14 nitrogen and oxygen atoms in total. The number of hydrogen-bond acceptors (Lipinski definition) is 10. The molecule has 0 bridgehead atoms. The largest absolute Gasteiger partial charge is 0.419 e. The first kappa shape index (κ1) is 38.9. The van der Waals surface area contributed by atoms with Gasteiger partial charge in [0.25, 0.3) is 0 Å². The van der Waals surface area contributed by atoms with E-state index >= 15 is 0 Å². The van der Waals surface area contributed by atoms with Gasteiger partial charge in [0.1, 0.15) is 0 Å². The van der Waals surface area contributed by atoms with Crippen molar-refractivity contribution in [2.75, 3.05) is 42.9 Å². The highest BCUT2D eigenvalue weighted by atomic mass is 32.2. The molecule has 294 valence electrons. The lowest BCUT2D eigenvalue weighted by Gasteiger charge is -2.35. The molecule has 18 heteroatoms. The molecule has 2 aromatic heterocycles. The third-order valence-corrected chi connectivity index (χ3v) is 12.7. The molecule has 2 aromatic carbocycles. The Morgan fingerprint density at radius 2 is 1.71 bits per heavy atom. The van der Waals surface area contributed by atoms with Gasteiger partial charge >= 0.3 is 12.2 Å². The van der Waals surface area contributed by atoms with Crippen LogP contribution < -0.4 is 15.5 Å². The van der Waals surface area contributed by atoms with E-state index < -0.39 is 27.8 Å². The number of carbonyl (C=O) groups excluding carboxylic acids is 2. The van der Waals surface area contributed by atoms with Crippen LogP contribution in [0.5, 0.6) is 0 Å². The van der Waals surface area contributed by atoms with E-state index in [1.807, 2.05) is 19.2 Å². The third-order valence-electron chi connectivity index (χ3n) is 10.8. The molecular weight excluding hydrogens is 750 g/mol. The number of nitrogens with one attached hydrogen (secondary N) is 2. The summed E-state index contributed by atoms with van der Waals surface area (Å²) in [5.41, 5.74) is 2.01. The number of rotatable bonds is 9. The first-order chi connectivity index (χ1) is 26.7. The molecule has 1 atom stereocenters. The van der Waals surface area contributed by atoms with Crippen molar-refractivity contribution in [3.8, 4) is 6.07 Å². The number of sulfonamides is 1. The molecule has 7 rings (SSSR count). The van der Waals surface area contributed by atoms with Crippen LogP contribution in [0.1, 0.15) is 67.2 Å². The van der Waals surface area contributed by atoms with E-state index in [0.29, 0.717) is 48.1 Å². The molecule has 0 saturated carbocycles. The van der Waals surface area contributed by atoms with E-state index in [2.05, 4.69) is 55.7 Å². The number of aryl methyl sites for hydroxylation is 1. The van der Waals surface area contributed by atoms with E-state index in [9.17, 15) is 36.4 Å². The number of piperidine rings is 2. The number of halogens is 3. The van der Waals surface area contributed by atoms with Crippen molar-refractivity contribution in [3.63, 3.8) is 0 Å². The predicted molar refractivity (Wildman–Crippen MR) is 202 cm³/mol. The standard InChI is InChI=1S/C38H41F3N10O4S/c1-24(49-14-9-25(10-15-49)27-6-8-32-33(20-27)48(2)47-35(32)51-18-13-34(52)46-37(51)53)3-4-26-19-31(7-5-28(26)21-42)56(54,55)50-16-11-30(12-17-50)45-36-43-22-29(23-44-36)38(39,40)41/h3-8,19-20,22-25,30H,9-18H2,1-2H3,(H,43,44,45)(H,46,52,53)/b4-3+. The van der Waals surface area contributed by atoms with E-state index in [-0.39, 0.29) is 54.9 Å². The average molecular weight is 791 g/mol. The van der Waals surface area contributed by atoms with Gasteiger partial charge in [-0.05, 0) is 93.1 Å². The maximum atomic E-state index is 13.7. The van der Waals surface area contributed by atoms with E-state index in [4.69, 9.17) is 0 Å². The van der Waals surface area contributed by atoms with Crippen molar-refractivity contribution in [1.82, 2.24) is 34.3 Å². The number of likely N-dealkylation sites (tertiary alicyclic amines) is 1. The van der Waals surface area contributed by atoms with Gasteiger partial charge in [0.2, 0.25) is 21.9 Å². The number of anilines is 2. The van der Waals surface area contributed by atoms with Gasteiger partial charge < -0.3 is 5.32 Å². The van der Waals surface area contributed by atoms with Crippen molar-refractivity contribution in [2.24, 2.45) is 7.05 Å². The normalized spacial score (nSPS) is 19.0. The van der Waals surface area contributed by atoms with Crippen LogP contribution >= 0.6 is 0 Å². The highest BCUT2D eigenvalue weighted by Crippen LogP contribution is 2.34. The lowest BCUT2D eigenvalue weighted by molar-refractivity contribution is -0.138. The molecule has 56 heavy (non-hydrogen) atoms. The fourth-order valence-corrected chi connectivity index (χ4v) is 9.05. The Balaban J connectivity index is 0.954. The van der Waals surface area contributed by atoms with E-state index in [1.54, 1.807) is 10.8 Å². The molecule has 3 fully saturated rings. The van der Waals surface area contributed by atoms with Crippen LogP contribution in [0.15, 0.2) is 59.8 Å². The number of hydrogen-bond donors (Lipinski definition) is 2. The summed E-state index contributed by atoms with van der Waals surface area (Å²) < 4.78 is 69.1. The monoisotopic (exact) mass is 790 g/mol. The minimum Gasteiger partial charge on any atom is -0.351 e. The van der Waals surface area contributed by atoms with Gasteiger partial charge in [-0.3, -0.25) is 24.6 Å². The second-order valence-electron chi connectivity index (χ2n) is 14.4. The summed E-state index contributed by atoms with van der Waals surface area (Å²) in [5.74, 6) is 0.610. The minimum atomic E-state index is -4.54. The van der Waals surface area contributed by atoms with E-state index in [1.165, 1.54) is 33.0 Å². The number of imide groups is 1. The molecule has 3 amide bonds. The van der Waals surface area contributed by atoms with Crippen LogP contribution in [-0.4, -0.2) is 94.1 Å². The summed E-state index contributed by atoms with van der Waals surface area (Å²) in [5, 5.41) is 20.6. The van der Waals surface area contributed by atoms with Gasteiger partial charge in [-0.2, -0.15) is 27.8 Å². The van der Waals surface area contributed by atoms with Crippen molar-refractivity contribution >= 4 is 50.7 Å². The zero-order valence-electron chi connectivity index (χ0n) is 30.8. The fraction of sp³-hybridized carbons (Fsp3) is 0.421. The average Bonchev–Trinajstić information content (AvgIpc) is 3.51. The molecule has 0 spiro atoms. The molecule has 0 radical (unpaired) electrons. The number of aromatic nitrogens is 4. The quantitative estimate of drug-likeness (QED) is 0.229. The molecule has 3 saturated heterocycles. The van der Waals surface area contributed by atoms with E-state index in [0.717, 1.165) is 36.8 Å². The molecule has 3 aliphatic heterocycles.